The first kappa shape index (κ1) is 13.9. The molecule has 1 saturated heterocycles. The van der Waals surface area contributed by atoms with Crippen molar-refractivity contribution in [1.29, 1.82) is 0 Å². The molecule has 2 nitrogen and oxygen atoms in total. The Morgan fingerprint density at radius 3 is 2.18 bits per heavy atom. The first-order valence-electron chi connectivity index (χ1n) is 2.97. The zero-order chi connectivity index (χ0) is 6.91. The number of nitrogens with one attached hydrogen (secondary N) is 1. The second kappa shape index (κ2) is 5.09. The Kier molecular flexibility index (Phi) is 6.43. The summed E-state index contributed by atoms with van der Waals surface area (Å²) in [5, 5.41) is 2.79. The lowest BCUT2D eigenvalue weighted by molar-refractivity contribution is -0.0448. The van der Waals surface area contributed by atoms with Crippen molar-refractivity contribution in [1.82, 2.24) is 5.32 Å². The average Bonchev–Trinajstić information content (AvgIpc) is 1.77. The van der Waals surface area contributed by atoms with Crippen molar-refractivity contribution >= 4 is 24.8 Å². The second-order valence-electron chi connectivity index (χ2n) is 2.32. The predicted molar refractivity (Wildman–Crippen MR) is 44.9 cm³/mol. The summed E-state index contributed by atoms with van der Waals surface area (Å²) in [4.78, 5) is 0. The van der Waals surface area contributed by atoms with Crippen LogP contribution in [0.2, 0.25) is 0 Å². The summed E-state index contributed by atoms with van der Waals surface area (Å²) < 4.78 is 24.9. The number of nitrogens with two attached hydrogens (primary N) is 1. The molecule has 0 aliphatic carbocycles. The van der Waals surface area contributed by atoms with E-state index in [0.717, 1.165) is 0 Å². The van der Waals surface area contributed by atoms with Gasteiger partial charge in [-0.3, -0.25) is 0 Å². The number of hydrogen-bond acceptors (Lipinski definition) is 2. The fourth-order valence-electron chi connectivity index (χ4n) is 0.847. The highest BCUT2D eigenvalue weighted by atomic mass is 35.5. The van der Waals surface area contributed by atoms with Crippen LogP contribution in [0.1, 0.15) is 6.42 Å². The Bertz CT molecular complexity index is 113. The number of halogens is 4. The standard InChI is InChI=1S/C5H10F2N2.2ClH/c6-5(7)1-2-9-3-4(5)8;;/h4,9H,1-3,8H2;2*1H/t4-;;/m1../s1. The van der Waals surface area contributed by atoms with Crippen molar-refractivity contribution in [3.05, 3.63) is 0 Å². The third kappa shape index (κ3) is 3.51. The topological polar surface area (TPSA) is 38.0 Å². The number of alkyl halides is 2. The highest BCUT2D eigenvalue weighted by molar-refractivity contribution is 5.85. The Balaban J connectivity index is 0. The van der Waals surface area contributed by atoms with Gasteiger partial charge in [0.2, 0.25) is 0 Å². The van der Waals surface area contributed by atoms with Gasteiger partial charge in [0.15, 0.2) is 0 Å². The zero-order valence-electron chi connectivity index (χ0n) is 5.85. The van der Waals surface area contributed by atoms with Gasteiger partial charge in [-0.05, 0) is 0 Å². The van der Waals surface area contributed by atoms with Gasteiger partial charge in [0.05, 0.1) is 6.04 Å². The minimum atomic E-state index is -2.65. The molecule has 6 heteroatoms. The minimum Gasteiger partial charge on any atom is -0.322 e. The lowest BCUT2D eigenvalue weighted by Crippen LogP contribution is -2.53. The Labute approximate surface area is 76.7 Å². The smallest absolute Gasteiger partial charge is 0.265 e. The quantitative estimate of drug-likeness (QED) is 0.618. The van der Waals surface area contributed by atoms with E-state index in [9.17, 15) is 8.78 Å². The van der Waals surface area contributed by atoms with Crippen molar-refractivity contribution in [2.45, 2.75) is 18.4 Å². The van der Waals surface area contributed by atoms with Crippen LogP contribution in [0.5, 0.6) is 0 Å². The van der Waals surface area contributed by atoms with E-state index in [4.69, 9.17) is 5.73 Å². The van der Waals surface area contributed by atoms with Crippen LogP contribution in [-0.2, 0) is 0 Å². The van der Waals surface area contributed by atoms with Crippen LogP contribution in [0.4, 0.5) is 8.78 Å². The summed E-state index contributed by atoms with van der Waals surface area (Å²) in [5.74, 6) is -2.65. The predicted octanol–water partition coefficient (Wildman–Crippen LogP) is 0.786. The number of piperidine rings is 1. The summed E-state index contributed by atoms with van der Waals surface area (Å²) in [6, 6.07) is -0.994. The third-order valence-corrected chi connectivity index (χ3v) is 1.54. The van der Waals surface area contributed by atoms with Gasteiger partial charge in [0, 0.05) is 19.5 Å². The molecule has 1 aliphatic rings. The molecule has 0 aromatic heterocycles. The van der Waals surface area contributed by atoms with Crippen molar-refractivity contribution in [2.75, 3.05) is 13.1 Å². The maximum Gasteiger partial charge on any atom is 0.265 e. The van der Waals surface area contributed by atoms with Crippen LogP contribution in [0.25, 0.3) is 0 Å². The molecular weight excluding hydrogens is 197 g/mol. The minimum absolute atomic E-state index is 0. The van der Waals surface area contributed by atoms with Crippen molar-refractivity contribution < 1.29 is 8.78 Å². The van der Waals surface area contributed by atoms with Crippen LogP contribution < -0.4 is 11.1 Å². The van der Waals surface area contributed by atoms with Crippen LogP contribution >= 0.6 is 24.8 Å². The first-order chi connectivity index (χ1) is 4.13. The average molecular weight is 209 g/mol. The fraction of sp³-hybridized carbons (Fsp3) is 1.00. The van der Waals surface area contributed by atoms with Gasteiger partial charge >= 0.3 is 0 Å². The molecule has 0 unspecified atom stereocenters. The molecule has 0 spiro atoms. The van der Waals surface area contributed by atoms with Gasteiger partial charge in [-0.15, -0.1) is 24.8 Å². The highest BCUT2D eigenvalue weighted by Crippen LogP contribution is 2.22. The van der Waals surface area contributed by atoms with Crippen LogP contribution in [0.15, 0.2) is 0 Å². The molecule has 0 aromatic carbocycles. The van der Waals surface area contributed by atoms with Crippen LogP contribution in [-0.4, -0.2) is 25.1 Å². The SMILES string of the molecule is Cl.Cl.N[C@@H]1CNCCC1(F)F. The molecular formula is C5H12Cl2F2N2. The van der Waals surface area contributed by atoms with E-state index in [-0.39, 0.29) is 37.8 Å². The number of hydrogen-bond donors (Lipinski definition) is 2. The summed E-state index contributed by atoms with van der Waals surface area (Å²) in [6.45, 7) is 0.605. The summed E-state index contributed by atoms with van der Waals surface area (Å²) >= 11 is 0. The van der Waals surface area contributed by atoms with Crippen molar-refractivity contribution in [3.8, 4) is 0 Å². The molecule has 1 fully saturated rings. The molecule has 0 radical (unpaired) electrons. The van der Waals surface area contributed by atoms with Crippen LogP contribution in [0.3, 0.4) is 0 Å². The highest BCUT2D eigenvalue weighted by Gasteiger charge is 2.38. The van der Waals surface area contributed by atoms with Gasteiger partial charge in [0.1, 0.15) is 0 Å². The molecule has 0 saturated carbocycles. The van der Waals surface area contributed by atoms with E-state index in [0.29, 0.717) is 6.54 Å². The fourth-order valence-corrected chi connectivity index (χ4v) is 0.847. The van der Waals surface area contributed by atoms with E-state index >= 15 is 0 Å². The molecule has 0 amide bonds. The molecule has 11 heavy (non-hydrogen) atoms. The molecule has 1 aliphatic heterocycles. The molecule has 1 atom stereocenters. The van der Waals surface area contributed by atoms with Gasteiger partial charge in [-0.1, -0.05) is 0 Å². The lowest BCUT2D eigenvalue weighted by Gasteiger charge is -2.28. The largest absolute Gasteiger partial charge is 0.322 e. The maximum atomic E-state index is 12.4. The molecule has 70 valence electrons. The van der Waals surface area contributed by atoms with E-state index in [2.05, 4.69) is 5.32 Å². The zero-order valence-corrected chi connectivity index (χ0v) is 7.48. The Morgan fingerprint density at radius 1 is 1.36 bits per heavy atom. The van der Waals surface area contributed by atoms with Crippen LogP contribution in [0, 0.1) is 0 Å². The van der Waals surface area contributed by atoms with Gasteiger partial charge in [-0.25, -0.2) is 8.78 Å². The van der Waals surface area contributed by atoms with E-state index in [1.54, 1.807) is 0 Å². The Morgan fingerprint density at radius 2 is 1.91 bits per heavy atom. The van der Waals surface area contributed by atoms with Crippen molar-refractivity contribution in [2.24, 2.45) is 5.73 Å². The normalized spacial score (nSPS) is 28.1. The molecule has 0 bridgehead atoms. The lowest BCUT2D eigenvalue weighted by atomic mass is 10.0. The Hall–Kier alpha value is 0.360. The van der Waals surface area contributed by atoms with E-state index < -0.39 is 12.0 Å². The van der Waals surface area contributed by atoms with Gasteiger partial charge < -0.3 is 11.1 Å². The third-order valence-electron chi connectivity index (χ3n) is 1.54. The molecule has 1 heterocycles. The molecule has 3 N–H and O–H groups in total. The molecule has 0 aromatic rings. The van der Waals surface area contributed by atoms with E-state index in [1.165, 1.54) is 0 Å². The summed E-state index contributed by atoms with van der Waals surface area (Å²) in [6.07, 6.45) is -0.131. The summed E-state index contributed by atoms with van der Waals surface area (Å²) in [5.41, 5.74) is 5.10. The monoisotopic (exact) mass is 208 g/mol. The van der Waals surface area contributed by atoms with Crippen molar-refractivity contribution in [3.63, 3.8) is 0 Å². The number of rotatable bonds is 0. The second-order valence-corrected chi connectivity index (χ2v) is 2.32. The first-order valence-corrected chi connectivity index (χ1v) is 2.97. The summed E-state index contributed by atoms with van der Waals surface area (Å²) in [7, 11) is 0. The van der Waals surface area contributed by atoms with E-state index in [1.807, 2.05) is 0 Å². The van der Waals surface area contributed by atoms with Gasteiger partial charge in [0.25, 0.3) is 5.92 Å². The van der Waals surface area contributed by atoms with Gasteiger partial charge in [-0.2, -0.15) is 0 Å². The molecule has 1 rings (SSSR count). The maximum absolute atomic E-state index is 12.4.